The molecule has 26 heavy (non-hydrogen) atoms. The summed E-state index contributed by atoms with van der Waals surface area (Å²) in [4.78, 5) is 5.48. The number of benzene rings is 2. The van der Waals surface area contributed by atoms with Gasteiger partial charge in [-0.15, -0.1) is 0 Å². The second kappa shape index (κ2) is 7.56. The summed E-state index contributed by atoms with van der Waals surface area (Å²) in [7, 11) is 0. The first kappa shape index (κ1) is 16.6. The zero-order valence-electron chi connectivity index (χ0n) is 14.3. The lowest BCUT2D eigenvalue weighted by molar-refractivity contribution is -0.678. The van der Waals surface area contributed by atoms with Crippen LogP contribution in [0.25, 0.3) is 11.1 Å². The van der Waals surface area contributed by atoms with Crippen LogP contribution in [0.5, 0.6) is 0 Å². The number of rotatable bonds is 7. The summed E-state index contributed by atoms with van der Waals surface area (Å²) in [5.74, 6) is 0.887. The molecule has 1 heterocycles. The largest absolute Gasteiger partial charge is 0.463 e. The van der Waals surface area contributed by atoms with Crippen LogP contribution in [0.1, 0.15) is 16.9 Å². The molecule has 1 atom stereocenters. The van der Waals surface area contributed by atoms with Crippen molar-refractivity contribution in [1.82, 2.24) is 0 Å². The molecule has 5 heteroatoms. The first-order valence-corrected chi connectivity index (χ1v) is 8.74. The smallest absolute Gasteiger partial charge is 0.157 e. The molecule has 2 aromatic carbocycles. The standard InChI is InChI=1S/C21H20N2O3/c24-15(12-22-13-16-6-5-11-25-16)14-26-23-21-19-9-3-1-7-17(19)18-8-2-4-10-20(18)21/h1-11,15,22,24H,12-14H2/p+1/t15-/m1/s1. The summed E-state index contributed by atoms with van der Waals surface area (Å²) in [6, 6.07) is 20.1. The average Bonchev–Trinajstić information content (AvgIpc) is 3.29. The van der Waals surface area contributed by atoms with Gasteiger partial charge >= 0.3 is 0 Å². The normalized spacial score (nSPS) is 13.2. The lowest BCUT2D eigenvalue weighted by Crippen LogP contribution is -2.85. The van der Waals surface area contributed by atoms with Gasteiger partial charge < -0.3 is 19.7 Å². The molecule has 3 aromatic rings. The van der Waals surface area contributed by atoms with Crippen LogP contribution < -0.4 is 5.32 Å². The van der Waals surface area contributed by atoms with E-state index in [0.717, 1.165) is 33.7 Å². The van der Waals surface area contributed by atoms with E-state index in [4.69, 9.17) is 9.25 Å². The minimum atomic E-state index is -0.596. The van der Waals surface area contributed by atoms with E-state index < -0.39 is 6.10 Å². The van der Waals surface area contributed by atoms with Gasteiger partial charge in [-0.25, -0.2) is 0 Å². The van der Waals surface area contributed by atoms with E-state index in [1.807, 2.05) is 53.8 Å². The Bertz CT molecular complexity index is 856. The quantitative estimate of drug-likeness (QED) is 0.502. The van der Waals surface area contributed by atoms with E-state index in [1.54, 1.807) is 6.26 Å². The topological polar surface area (TPSA) is 71.6 Å². The summed E-state index contributed by atoms with van der Waals surface area (Å²) in [5, 5.41) is 16.4. The van der Waals surface area contributed by atoms with Crippen LogP contribution in [-0.4, -0.2) is 30.1 Å². The maximum atomic E-state index is 10.1. The van der Waals surface area contributed by atoms with E-state index in [2.05, 4.69) is 17.3 Å². The summed E-state index contributed by atoms with van der Waals surface area (Å²) < 4.78 is 5.26. The molecule has 1 aromatic heterocycles. The molecule has 132 valence electrons. The maximum absolute atomic E-state index is 10.1. The van der Waals surface area contributed by atoms with Gasteiger partial charge in [-0.05, 0) is 23.3 Å². The fourth-order valence-electron chi connectivity index (χ4n) is 3.19. The molecular weight excluding hydrogens is 328 g/mol. The van der Waals surface area contributed by atoms with Gasteiger partial charge in [0.25, 0.3) is 0 Å². The zero-order chi connectivity index (χ0) is 17.8. The van der Waals surface area contributed by atoms with Gasteiger partial charge in [-0.3, -0.25) is 0 Å². The van der Waals surface area contributed by atoms with Gasteiger partial charge in [0.15, 0.2) is 5.76 Å². The fraction of sp³-hybridized carbons (Fsp3) is 0.190. The molecule has 0 saturated carbocycles. The Morgan fingerprint density at radius 2 is 1.58 bits per heavy atom. The van der Waals surface area contributed by atoms with Crippen molar-refractivity contribution in [3.05, 3.63) is 83.8 Å². The predicted molar refractivity (Wildman–Crippen MR) is 98.7 cm³/mol. The highest BCUT2D eigenvalue weighted by molar-refractivity contribution is 6.24. The molecule has 0 unspecified atom stereocenters. The summed E-state index contributed by atoms with van der Waals surface area (Å²) >= 11 is 0. The Labute approximate surface area is 151 Å². The molecule has 0 amide bonds. The Morgan fingerprint density at radius 3 is 2.19 bits per heavy atom. The summed E-state index contributed by atoms with van der Waals surface area (Å²) in [5.41, 5.74) is 5.28. The molecular formula is C21H21N2O3+. The molecule has 4 rings (SSSR count). The minimum Gasteiger partial charge on any atom is -0.463 e. The molecule has 0 saturated heterocycles. The van der Waals surface area contributed by atoms with Crippen molar-refractivity contribution in [3.63, 3.8) is 0 Å². The third-order valence-corrected chi connectivity index (χ3v) is 4.44. The Morgan fingerprint density at radius 1 is 0.923 bits per heavy atom. The van der Waals surface area contributed by atoms with Gasteiger partial charge in [0.05, 0.1) is 6.26 Å². The molecule has 1 aliphatic rings. The third-order valence-electron chi connectivity index (χ3n) is 4.44. The van der Waals surface area contributed by atoms with Gasteiger partial charge in [0.2, 0.25) is 0 Å². The monoisotopic (exact) mass is 349 g/mol. The van der Waals surface area contributed by atoms with Crippen LogP contribution in [0, 0.1) is 0 Å². The van der Waals surface area contributed by atoms with E-state index in [1.165, 1.54) is 0 Å². The van der Waals surface area contributed by atoms with Crippen molar-refractivity contribution in [3.8, 4) is 11.1 Å². The molecule has 0 fully saturated rings. The minimum absolute atomic E-state index is 0.155. The van der Waals surface area contributed by atoms with Gasteiger partial charge in [0, 0.05) is 11.1 Å². The Kier molecular flexibility index (Phi) is 4.82. The number of fused-ring (bicyclic) bond motifs is 3. The van der Waals surface area contributed by atoms with E-state index >= 15 is 0 Å². The molecule has 0 bridgehead atoms. The number of nitrogens with zero attached hydrogens (tertiary/aromatic N) is 1. The van der Waals surface area contributed by atoms with Crippen LogP contribution in [0.3, 0.4) is 0 Å². The van der Waals surface area contributed by atoms with Gasteiger partial charge in [0.1, 0.15) is 31.5 Å². The highest BCUT2D eigenvalue weighted by atomic mass is 16.6. The fourth-order valence-corrected chi connectivity index (χ4v) is 3.19. The van der Waals surface area contributed by atoms with Gasteiger partial charge in [-0.1, -0.05) is 53.7 Å². The zero-order valence-corrected chi connectivity index (χ0v) is 14.3. The second-order valence-electron chi connectivity index (χ2n) is 6.29. The van der Waals surface area contributed by atoms with Crippen molar-refractivity contribution in [2.75, 3.05) is 13.2 Å². The van der Waals surface area contributed by atoms with Gasteiger partial charge in [-0.2, -0.15) is 0 Å². The maximum Gasteiger partial charge on any atom is 0.157 e. The van der Waals surface area contributed by atoms with Crippen molar-refractivity contribution < 1.29 is 19.7 Å². The molecule has 0 radical (unpaired) electrons. The van der Waals surface area contributed by atoms with Crippen LogP contribution in [0.2, 0.25) is 0 Å². The van der Waals surface area contributed by atoms with Crippen LogP contribution in [0.15, 0.2) is 76.5 Å². The molecule has 1 aliphatic carbocycles. The van der Waals surface area contributed by atoms with E-state index in [-0.39, 0.29) is 6.61 Å². The van der Waals surface area contributed by atoms with Crippen LogP contribution >= 0.6 is 0 Å². The Balaban J connectivity index is 1.38. The highest BCUT2D eigenvalue weighted by Gasteiger charge is 2.24. The number of aliphatic hydroxyl groups is 1. The van der Waals surface area contributed by atoms with E-state index in [0.29, 0.717) is 13.1 Å². The summed E-state index contributed by atoms with van der Waals surface area (Å²) in [6.45, 7) is 1.38. The number of furan rings is 1. The number of hydrogen-bond acceptors (Lipinski definition) is 4. The number of aliphatic hydroxyl groups excluding tert-OH is 1. The third kappa shape index (κ3) is 3.40. The molecule has 3 N–H and O–H groups in total. The predicted octanol–water partition coefficient (Wildman–Crippen LogP) is 2.15. The SMILES string of the molecule is O[C@H](C[NH2+]Cc1ccco1)CON=C1c2ccccc2-c2ccccc21. The van der Waals surface area contributed by atoms with Crippen LogP contribution in [0.4, 0.5) is 0 Å². The first-order chi connectivity index (χ1) is 12.8. The van der Waals surface area contributed by atoms with Crippen molar-refractivity contribution in [2.45, 2.75) is 12.6 Å². The lowest BCUT2D eigenvalue weighted by Gasteiger charge is -2.08. The Hall–Kier alpha value is -2.89. The molecule has 0 spiro atoms. The second-order valence-corrected chi connectivity index (χ2v) is 6.29. The highest BCUT2D eigenvalue weighted by Crippen LogP contribution is 2.36. The van der Waals surface area contributed by atoms with Crippen molar-refractivity contribution in [2.24, 2.45) is 5.16 Å². The summed E-state index contributed by atoms with van der Waals surface area (Å²) in [6.07, 6.45) is 1.05. The lowest BCUT2D eigenvalue weighted by atomic mass is 10.1. The number of oxime groups is 1. The van der Waals surface area contributed by atoms with Crippen molar-refractivity contribution in [1.29, 1.82) is 0 Å². The van der Waals surface area contributed by atoms with Crippen LogP contribution in [-0.2, 0) is 11.4 Å². The number of nitrogens with two attached hydrogens (primary N) is 1. The average molecular weight is 349 g/mol. The number of hydrogen-bond donors (Lipinski definition) is 2. The van der Waals surface area contributed by atoms with E-state index in [9.17, 15) is 5.11 Å². The molecule has 5 nitrogen and oxygen atoms in total. The number of quaternary nitrogens is 1. The van der Waals surface area contributed by atoms with Crippen molar-refractivity contribution >= 4 is 5.71 Å². The first-order valence-electron chi connectivity index (χ1n) is 8.74. The molecule has 0 aliphatic heterocycles.